The van der Waals surface area contributed by atoms with Crippen molar-refractivity contribution in [2.45, 2.75) is 51.4 Å². The summed E-state index contributed by atoms with van der Waals surface area (Å²) in [6, 6.07) is -1.27. The second kappa shape index (κ2) is 8.32. The summed E-state index contributed by atoms with van der Waals surface area (Å²) in [5, 5.41) is 13.4. The zero-order chi connectivity index (χ0) is 17.6. The van der Waals surface area contributed by atoms with E-state index in [0.717, 1.165) is 13.8 Å². The average molecular weight is 332 g/mol. The van der Waals surface area contributed by atoms with E-state index in [1.165, 1.54) is 6.92 Å². The maximum Gasteiger partial charge on any atom is 0.303 e. The van der Waals surface area contributed by atoms with Crippen LogP contribution in [0.25, 0.3) is 0 Å². The van der Waals surface area contributed by atoms with Gasteiger partial charge in [-0.05, 0) is 0 Å². The molecule has 5 atom stereocenters. The third-order valence-electron chi connectivity index (χ3n) is 2.88. The van der Waals surface area contributed by atoms with Crippen LogP contribution in [0.3, 0.4) is 0 Å². The van der Waals surface area contributed by atoms with Gasteiger partial charge < -0.3 is 24.1 Å². The van der Waals surface area contributed by atoms with Crippen LogP contribution in [-0.4, -0.2) is 60.3 Å². The quantitative estimate of drug-likeness (QED) is 0.282. The maximum absolute atomic E-state index is 11.3. The van der Waals surface area contributed by atoms with E-state index < -0.39 is 48.6 Å². The van der Waals surface area contributed by atoms with Gasteiger partial charge in [0, 0.05) is 20.8 Å². The normalized spacial score (nSPS) is 29.8. The van der Waals surface area contributed by atoms with Crippen molar-refractivity contribution < 1.29 is 38.4 Å². The molecular formula is C12H18N3O8+. The topological polar surface area (TPSA) is 159 Å². The van der Waals surface area contributed by atoms with Gasteiger partial charge in [-0.3, -0.25) is 14.4 Å². The van der Waals surface area contributed by atoms with Gasteiger partial charge in [0.15, 0.2) is 18.5 Å². The first kappa shape index (κ1) is 18.7. The van der Waals surface area contributed by atoms with Gasteiger partial charge in [0.1, 0.15) is 23.4 Å². The number of hydrogen-bond donors (Lipinski definition) is 2. The summed E-state index contributed by atoms with van der Waals surface area (Å²) in [5.74, 6) is -2.04. The Hall–Kier alpha value is -2.36. The summed E-state index contributed by atoms with van der Waals surface area (Å²) in [6.45, 7) is 3.07. The van der Waals surface area contributed by atoms with Crippen molar-refractivity contribution >= 4 is 17.9 Å². The number of carbonyl (C=O) groups excluding carboxylic acids is 3. The predicted octanol–water partition coefficient (Wildman–Crippen LogP) is -0.951. The first-order chi connectivity index (χ1) is 10.8. The Morgan fingerprint density at radius 1 is 1.13 bits per heavy atom. The molecule has 1 unspecified atom stereocenters. The lowest BCUT2D eigenvalue weighted by molar-refractivity contribution is -0.261. The van der Waals surface area contributed by atoms with E-state index >= 15 is 0 Å². The monoisotopic (exact) mass is 332 g/mol. The Kier molecular flexibility index (Phi) is 6.76. The number of nitrogens with one attached hydrogen (secondary N) is 1. The Bertz CT molecular complexity index is 518. The second-order valence-electron chi connectivity index (χ2n) is 4.72. The molecule has 0 bridgehead atoms. The molecule has 1 fully saturated rings. The van der Waals surface area contributed by atoms with Crippen LogP contribution in [0.5, 0.6) is 0 Å². The highest BCUT2D eigenvalue weighted by Gasteiger charge is 2.52. The fourth-order valence-corrected chi connectivity index (χ4v) is 2.09. The Morgan fingerprint density at radius 3 is 2.17 bits per heavy atom. The molecule has 0 spiro atoms. The van der Waals surface area contributed by atoms with Crippen LogP contribution in [-0.2, 0) is 33.3 Å². The van der Waals surface area contributed by atoms with Gasteiger partial charge in [0.2, 0.25) is 11.0 Å². The molecular weight excluding hydrogens is 314 g/mol. The molecule has 0 aromatic rings. The molecule has 0 saturated carbocycles. The van der Waals surface area contributed by atoms with Crippen LogP contribution in [0.1, 0.15) is 20.8 Å². The third kappa shape index (κ3) is 5.40. The fraction of sp³-hybridized carbons (Fsp3) is 0.750. The summed E-state index contributed by atoms with van der Waals surface area (Å²) >= 11 is 0. The number of nitrogens with zero attached hydrogens (tertiary/aromatic N) is 2. The summed E-state index contributed by atoms with van der Waals surface area (Å²) in [5.41, 5.74) is 6.77. The van der Waals surface area contributed by atoms with Crippen LogP contribution in [0.4, 0.5) is 0 Å². The maximum atomic E-state index is 11.3. The molecule has 0 aromatic carbocycles. The summed E-state index contributed by atoms with van der Waals surface area (Å²) in [6.07, 6.45) is -5.13. The number of ether oxygens (including phenoxy) is 4. The number of aliphatic hydroxyl groups excluding tert-OH is 1. The smallest absolute Gasteiger partial charge is 0.303 e. The number of aliphatic hydroxyl groups is 1. The third-order valence-corrected chi connectivity index (χ3v) is 2.88. The molecule has 128 valence electrons. The molecule has 0 amide bonds. The van der Waals surface area contributed by atoms with Crippen molar-refractivity contribution in [1.82, 2.24) is 4.91 Å². The lowest BCUT2D eigenvalue weighted by atomic mass is 9.97. The zero-order valence-electron chi connectivity index (χ0n) is 12.8. The molecule has 1 rings (SSSR count). The van der Waals surface area contributed by atoms with Gasteiger partial charge in [0.05, 0.1) is 0 Å². The number of esters is 3. The van der Waals surface area contributed by atoms with Crippen molar-refractivity contribution in [2.24, 2.45) is 5.11 Å². The molecule has 11 nitrogen and oxygen atoms in total. The molecule has 0 aromatic heterocycles. The van der Waals surface area contributed by atoms with Crippen LogP contribution >= 0.6 is 0 Å². The summed E-state index contributed by atoms with van der Waals surface area (Å²) in [7, 11) is 0. The van der Waals surface area contributed by atoms with E-state index in [1.807, 2.05) is 0 Å². The molecule has 23 heavy (non-hydrogen) atoms. The largest absolute Gasteiger partial charge is 0.463 e. The van der Waals surface area contributed by atoms with Crippen LogP contribution in [0.2, 0.25) is 0 Å². The summed E-state index contributed by atoms with van der Waals surface area (Å²) in [4.78, 5) is 36.3. The van der Waals surface area contributed by atoms with E-state index in [-0.39, 0.29) is 6.61 Å². The summed E-state index contributed by atoms with van der Waals surface area (Å²) < 4.78 is 20.1. The first-order valence-electron chi connectivity index (χ1n) is 6.64. The lowest BCUT2D eigenvalue weighted by Crippen LogP contribution is -2.60. The Morgan fingerprint density at radius 2 is 1.70 bits per heavy atom. The van der Waals surface area contributed by atoms with Crippen molar-refractivity contribution in [3.8, 4) is 0 Å². The van der Waals surface area contributed by atoms with Gasteiger partial charge in [-0.15, -0.1) is 0 Å². The minimum absolute atomic E-state index is 0.340. The van der Waals surface area contributed by atoms with Gasteiger partial charge in [0.25, 0.3) is 0 Å². The molecule has 1 aliphatic heterocycles. The van der Waals surface area contributed by atoms with Crippen molar-refractivity contribution in [3.63, 3.8) is 0 Å². The standard InChI is InChI=1S/C12H18N3O8/c1-5(16)20-4-8-10(21-6(2)17)11(22-7(3)18)9(14-15-13)12(19)23-8/h8-13,19H,4H2,1-3H3/q+1/t8-,9-,10+,11-,12?/m1/s1. The molecule has 1 heterocycles. The van der Waals surface area contributed by atoms with Crippen molar-refractivity contribution in [1.29, 1.82) is 5.53 Å². The van der Waals surface area contributed by atoms with Crippen molar-refractivity contribution in [2.75, 3.05) is 6.61 Å². The van der Waals surface area contributed by atoms with Gasteiger partial charge >= 0.3 is 17.9 Å². The van der Waals surface area contributed by atoms with Gasteiger partial charge in [-0.2, -0.15) is 0 Å². The minimum atomic E-state index is -1.60. The number of carbonyl (C=O) groups is 3. The van der Waals surface area contributed by atoms with Gasteiger partial charge in [-0.25, -0.2) is 0 Å². The van der Waals surface area contributed by atoms with Gasteiger partial charge in [-0.1, -0.05) is 0 Å². The minimum Gasteiger partial charge on any atom is -0.463 e. The Balaban J connectivity index is 3.11. The SMILES string of the molecule is CC(=O)OC[C@H]1OC(O)[C@H](N=[N+]=N)[C@@H](OC(C)=O)[C@H]1OC(C)=O. The highest BCUT2D eigenvalue weighted by Crippen LogP contribution is 2.27. The average Bonchev–Trinajstić information content (AvgIpc) is 2.42. The van der Waals surface area contributed by atoms with E-state index in [4.69, 9.17) is 24.5 Å². The van der Waals surface area contributed by atoms with E-state index in [9.17, 15) is 19.5 Å². The van der Waals surface area contributed by atoms with E-state index in [1.54, 1.807) is 0 Å². The zero-order valence-corrected chi connectivity index (χ0v) is 12.8. The van der Waals surface area contributed by atoms with Crippen LogP contribution in [0, 0.1) is 5.53 Å². The Labute approximate surface area is 131 Å². The second-order valence-corrected chi connectivity index (χ2v) is 4.72. The van der Waals surface area contributed by atoms with Crippen LogP contribution in [0.15, 0.2) is 5.11 Å². The van der Waals surface area contributed by atoms with E-state index in [2.05, 4.69) is 10.0 Å². The first-order valence-corrected chi connectivity index (χ1v) is 6.64. The molecule has 11 heteroatoms. The number of hydrogen-bond acceptors (Lipinski definition) is 10. The fourth-order valence-electron chi connectivity index (χ4n) is 2.09. The molecule has 1 saturated heterocycles. The highest BCUT2D eigenvalue weighted by molar-refractivity contribution is 5.67. The molecule has 0 radical (unpaired) electrons. The van der Waals surface area contributed by atoms with Crippen LogP contribution < -0.4 is 4.91 Å². The number of rotatable bonds is 5. The van der Waals surface area contributed by atoms with Crippen molar-refractivity contribution in [3.05, 3.63) is 0 Å². The molecule has 0 aliphatic carbocycles. The molecule has 2 N–H and O–H groups in total. The predicted molar refractivity (Wildman–Crippen MR) is 69.7 cm³/mol. The highest BCUT2D eigenvalue weighted by atomic mass is 16.7. The lowest BCUT2D eigenvalue weighted by Gasteiger charge is -2.39. The molecule has 1 aliphatic rings. The van der Waals surface area contributed by atoms with E-state index in [0.29, 0.717) is 0 Å².